The second-order valence-corrected chi connectivity index (χ2v) is 6.05. The summed E-state index contributed by atoms with van der Waals surface area (Å²) in [4.78, 5) is 12.1. The van der Waals surface area contributed by atoms with Gasteiger partial charge in [-0.3, -0.25) is 4.79 Å². The smallest absolute Gasteiger partial charge is 0.309 e. The predicted octanol–water partition coefficient (Wildman–Crippen LogP) is 2.71. The van der Waals surface area contributed by atoms with E-state index < -0.39 is 5.60 Å². The number of fused-ring (bicyclic) bond motifs is 1. The van der Waals surface area contributed by atoms with Crippen molar-refractivity contribution in [1.29, 1.82) is 0 Å². The highest BCUT2D eigenvalue weighted by molar-refractivity contribution is 5.74. The third kappa shape index (κ3) is 2.14. The Kier molecular flexibility index (Phi) is 3.86. The van der Waals surface area contributed by atoms with Crippen LogP contribution in [0.25, 0.3) is 0 Å². The first-order valence-corrected chi connectivity index (χ1v) is 7.04. The highest BCUT2D eigenvalue weighted by Gasteiger charge is 2.59. The molecule has 0 unspecified atom stereocenters. The molecule has 0 bridgehead atoms. The Morgan fingerprint density at radius 2 is 2.11 bits per heavy atom. The quantitative estimate of drug-likeness (QED) is 0.616. The number of aliphatic hydroxyl groups is 1. The number of carbonyl (C=O) groups is 1. The fraction of sp³-hybridized carbons (Fsp3) is 0.688. The Morgan fingerprint density at radius 1 is 1.42 bits per heavy atom. The van der Waals surface area contributed by atoms with Crippen molar-refractivity contribution in [2.24, 2.45) is 23.7 Å². The van der Waals surface area contributed by atoms with E-state index in [1.807, 2.05) is 13.8 Å². The van der Waals surface area contributed by atoms with Crippen LogP contribution in [0.4, 0.5) is 0 Å². The van der Waals surface area contributed by atoms with E-state index in [4.69, 9.17) is 4.74 Å². The number of allylic oxidation sites excluding steroid dienone is 3. The topological polar surface area (TPSA) is 46.5 Å². The van der Waals surface area contributed by atoms with Gasteiger partial charge in [0.2, 0.25) is 0 Å². The standard InChI is InChI=1S/C16H24O3/c1-10(2)13-12-8-6-5-7-9-16(12,18)11(3)14(13)15(17)19-4/h5-6,11-14,18H,1,7-9H2,2-4H3/t11-,12+,13+,14-,16+/m1/s1. The lowest BCUT2D eigenvalue weighted by Gasteiger charge is -2.33. The number of rotatable bonds is 2. The molecular formula is C16H24O3. The van der Waals surface area contributed by atoms with Gasteiger partial charge in [-0.15, -0.1) is 0 Å². The van der Waals surface area contributed by atoms with E-state index in [0.717, 1.165) is 18.4 Å². The number of ether oxygens (including phenoxy) is 1. The van der Waals surface area contributed by atoms with Gasteiger partial charge in [0.25, 0.3) is 0 Å². The summed E-state index contributed by atoms with van der Waals surface area (Å²) >= 11 is 0. The maximum atomic E-state index is 12.1. The molecule has 0 amide bonds. The molecule has 2 aliphatic carbocycles. The molecule has 3 heteroatoms. The van der Waals surface area contributed by atoms with E-state index in [1.165, 1.54) is 7.11 Å². The minimum absolute atomic E-state index is 0.00944. The lowest BCUT2D eigenvalue weighted by atomic mass is 9.78. The Morgan fingerprint density at radius 3 is 2.68 bits per heavy atom. The maximum absolute atomic E-state index is 12.1. The van der Waals surface area contributed by atoms with Crippen LogP contribution in [-0.2, 0) is 9.53 Å². The molecule has 0 spiro atoms. The van der Waals surface area contributed by atoms with Gasteiger partial charge in [-0.05, 0) is 43.9 Å². The van der Waals surface area contributed by atoms with Crippen LogP contribution in [0.15, 0.2) is 24.3 Å². The summed E-state index contributed by atoms with van der Waals surface area (Å²) in [5.41, 5.74) is 0.185. The first kappa shape index (κ1) is 14.3. The number of esters is 1. The summed E-state index contributed by atoms with van der Waals surface area (Å²) in [5, 5.41) is 11.1. The highest BCUT2D eigenvalue weighted by Crippen LogP contribution is 2.55. The van der Waals surface area contributed by atoms with Gasteiger partial charge in [-0.25, -0.2) is 0 Å². The molecule has 5 atom stereocenters. The summed E-state index contributed by atoms with van der Waals surface area (Å²) in [6.07, 6.45) is 6.66. The van der Waals surface area contributed by atoms with Gasteiger partial charge >= 0.3 is 5.97 Å². The van der Waals surface area contributed by atoms with Gasteiger partial charge in [0.05, 0.1) is 18.6 Å². The van der Waals surface area contributed by atoms with Gasteiger partial charge in [-0.1, -0.05) is 31.2 Å². The van der Waals surface area contributed by atoms with Crippen molar-refractivity contribution in [3.8, 4) is 0 Å². The van der Waals surface area contributed by atoms with E-state index >= 15 is 0 Å². The average molecular weight is 264 g/mol. The first-order valence-electron chi connectivity index (χ1n) is 7.04. The first-order chi connectivity index (χ1) is 8.93. The largest absolute Gasteiger partial charge is 0.469 e. The Labute approximate surface area is 115 Å². The fourth-order valence-electron chi connectivity index (χ4n) is 4.10. The van der Waals surface area contributed by atoms with Crippen LogP contribution in [0.2, 0.25) is 0 Å². The van der Waals surface area contributed by atoms with E-state index in [2.05, 4.69) is 18.7 Å². The van der Waals surface area contributed by atoms with Crippen LogP contribution in [0.3, 0.4) is 0 Å². The normalized spacial score (nSPS) is 41.5. The molecular weight excluding hydrogens is 240 g/mol. The van der Waals surface area contributed by atoms with Crippen LogP contribution < -0.4 is 0 Å². The van der Waals surface area contributed by atoms with E-state index in [1.54, 1.807) is 0 Å². The molecule has 106 valence electrons. The van der Waals surface area contributed by atoms with Crippen molar-refractivity contribution in [3.63, 3.8) is 0 Å². The molecule has 0 aliphatic heterocycles. The minimum Gasteiger partial charge on any atom is -0.469 e. The van der Waals surface area contributed by atoms with Gasteiger partial charge in [-0.2, -0.15) is 0 Å². The molecule has 1 saturated carbocycles. The summed E-state index contributed by atoms with van der Waals surface area (Å²) in [6, 6.07) is 0. The number of carbonyl (C=O) groups excluding carboxylic acids is 1. The Bertz CT molecular complexity index is 412. The molecule has 0 saturated heterocycles. The van der Waals surface area contributed by atoms with Gasteiger partial charge in [0, 0.05) is 0 Å². The zero-order chi connectivity index (χ0) is 14.2. The van der Waals surface area contributed by atoms with Crippen molar-refractivity contribution in [2.45, 2.75) is 38.7 Å². The number of methoxy groups -OCH3 is 1. The molecule has 1 fully saturated rings. The van der Waals surface area contributed by atoms with Crippen LogP contribution in [0.5, 0.6) is 0 Å². The molecule has 3 nitrogen and oxygen atoms in total. The van der Waals surface area contributed by atoms with Gasteiger partial charge < -0.3 is 9.84 Å². The van der Waals surface area contributed by atoms with Crippen LogP contribution in [0, 0.1) is 23.7 Å². The second kappa shape index (κ2) is 5.12. The molecule has 1 N–H and O–H groups in total. The summed E-state index contributed by atoms with van der Waals surface area (Å²) in [5.74, 6) is -0.500. The Hall–Kier alpha value is -1.09. The molecule has 0 heterocycles. The fourth-order valence-corrected chi connectivity index (χ4v) is 4.10. The molecule has 2 rings (SSSR count). The van der Waals surface area contributed by atoms with E-state index in [9.17, 15) is 9.90 Å². The third-order valence-electron chi connectivity index (χ3n) is 5.10. The lowest BCUT2D eigenvalue weighted by Crippen LogP contribution is -2.40. The maximum Gasteiger partial charge on any atom is 0.309 e. The molecule has 19 heavy (non-hydrogen) atoms. The molecule has 2 aliphatic rings. The SMILES string of the molecule is C=C(C)[C@@H]1[C@H](C(=O)OC)[C@@H](C)[C@@]2(O)CCC=CC[C@@H]12. The van der Waals surface area contributed by atoms with Crippen molar-refractivity contribution in [2.75, 3.05) is 7.11 Å². The number of hydrogen-bond acceptors (Lipinski definition) is 3. The van der Waals surface area contributed by atoms with Crippen LogP contribution in [0.1, 0.15) is 33.1 Å². The highest BCUT2D eigenvalue weighted by atomic mass is 16.5. The number of hydrogen-bond donors (Lipinski definition) is 1. The summed E-state index contributed by atoms with van der Waals surface area (Å²) < 4.78 is 4.96. The van der Waals surface area contributed by atoms with Crippen LogP contribution in [-0.4, -0.2) is 23.8 Å². The summed E-state index contributed by atoms with van der Waals surface area (Å²) in [6.45, 7) is 7.98. The van der Waals surface area contributed by atoms with Crippen molar-refractivity contribution >= 4 is 5.97 Å². The van der Waals surface area contributed by atoms with E-state index in [-0.39, 0.29) is 29.6 Å². The minimum atomic E-state index is -0.786. The van der Waals surface area contributed by atoms with Crippen molar-refractivity contribution in [3.05, 3.63) is 24.3 Å². The third-order valence-corrected chi connectivity index (χ3v) is 5.10. The summed E-state index contributed by atoms with van der Waals surface area (Å²) in [7, 11) is 1.42. The molecule has 0 radical (unpaired) electrons. The molecule has 0 aromatic rings. The molecule has 0 aromatic heterocycles. The monoisotopic (exact) mass is 264 g/mol. The van der Waals surface area contributed by atoms with Gasteiger partial charge in [0.15, 0.2) is 0 Å². The zero-order valence-corrected chi connectivity index (χ0v) is 12.1. The van der Waals surface area contributed by atoms with E-state index in [0.29, 0.717) is 6.42 Å². The second-order valence-electron chi connectivity index (χ2n) is 6.05. The zero-order valence-electron chi connectivity index (χ0n) is 12.1. The Balaban J connectivity index is 2.44. The van der Waals surface area contributed by atoms with Crippen molar-refractivity contribution in [1.82, 2.24) is 0 Å². The van der Waals surface area contributed by atoms with Crippen molar-refractivity contribution < 1.29 is 14.6 Å². The van der Waals surface area contributed by atoms with Crippen LogP contribution >= 0.6 is 0 Å². The van der Waals surface area contributed by atoms with Gasteiger partial charge in [0.1, 0.15) is 0 Å². The lowest BCUT2D eigenvalue weighted by molar-refractivity contribution is -0.149. The predicted molar refractivity (Wildman–Crippen MR) is 74.4 cm³/mol. The average Bonchev–Trinajstić information content (AvgIpc) is 2.52. The molecule has 0 aromatic carbocycles.